The van der Waals surface area contributed by atoms with Crippen molar-refractivity contribution in [1.82, 2.24) is 4.72 Å². The van der Waals surface area contributed by atoms with Gasteiger partial charge in [0, 0.05) is 0 Å². The molecule has 0 bridgehead atoms. The molecule has 0 saturated heterocycles. The number of furan rings is 1. The van der Waals surface area contributed by atoms with E-state index >= 15 is 0 Å². The lowest BCUT2D eigenvalue weighted by atomic mass is 10.3. The number of nitrogens with one attached hydrogen (secondary N) is 1. The summed E-state index contributed by atoms with van der Waals surface area (Å²) < 4.78 is 32.3. The summed E-state index contributed by atoms with van der Waals surface area (Å²) in [6.45, 7) is 0.204. The quantitative estimate of drug-likeness (QED) is 0.666. The van der Waals surface area contributed by atoms with Crippen molar-refractivity contribution in [1.29, 1.82) is 0 Å². The van der Waals surface area contributed by atoms with Crippen LogP contribution >= 0.6 is 0 Å². The Kier molecular flexibility index (Phi) is 1.52. The monoisotopic (exact) mass is 186 g/mol. The van der Waals surface area contributed by atoms with Crippen molar-refractivity contribution in [3.05, 3.63) is 24.2 Å². The molecule has 0 saturated carbocycles. The van der Waals surface area contributed by atoms with E-state index in [1.54, 1.807) is 12.1 Å². The minimum Gasteiger partial charge on any atom is -0.463 e. The Balaban J connectivity index is 2.41. The fourth-order valence-corrected chi connectivity index (χ4v) is 1.77. The highest BCUT2D eigenvalue weighted by Gasteiger charge is 2.21. The highest BCUT2D eigenvalue weighted by atomic mass is 32.2. The summed E-state index contributed by atoms with van der Waals surface area (Å²) in [4.78, 5) is 0. The van der Waals surface area contributed by atoms with Crippen molar-refractivity contribution in [3.8, 4) is 0 Å². The standard InChI is InChI=1S/C6H6N2O3S/c9-12(10)7-4-5(8-12)6-2-1-3-11-6/h1-3,7H,4H2. The van der Waals surface area contributed by atoms with Crippen molar-refractivity contribution >= 4 is 15.9 Å². The van der Waals surface area contributed by atoms with Crippen LogP contribution in [-0.4, -0.2) is 20.7 Å². The van der Waals surface area contributed by atoms with Crippen LogP contribution in [0, 0.1) is 0 Å². The Labute approximate surface area is 69.3 Å². The third-order valence-electron chi connectivity index (χ3n) is 1.46. The van der Waals surface area contributed by atoms with E-state index in [1.165, 1.54) is 6.26 Å². The van der Waals surface area contributed by atoms with Crippen molar-refractivity contribution in [2.24, 2.45) is 4.40 Å². The second kappa shape index (κ2) is 2.43. The summed E-state index contributed by atoms with van der Waals surface area (Å²) in [5, 5.41) is 0. The molecule has 0 fully saturated rings. The fourth-order valence-electron chi connectivity index (χ4n) is 0.944. The van der Waals surface area contributed by atoms with Crippen LogP contribution in [0.4, 0.5) is 0 Å². The SMILES string of the molecule is O=S1(=O)N=C(c2ccco2)CN1. The molecule has 0 spiro atoms. The Morgan fingerprint density at radius 3 is 2.92 bits per heavy atom. The average Bonchev–Trinajstić information content (AvgIpc) is 2.55. The predicted molar refractivity (Wildman–Crippen MR) is 42.2 cm³/mol. The molecule has 1 aliphatic heterocycles. The first-order valence-electron chi connectivity index (χ1n) is 3.30. The van der Waals surface area contributed by atoms with E-state index in [0.717, 1.165) is 0 Å². The van der Waals surface area contributed by atoms with Crippen LogP contribution in [-0.2, 0) is 10.2 Å². The zero-order chi connectivity index (χ0) is 8.60. The Bertz CT molecular complexity index is 404. The van der Waals surface area contributed by atoms with Gasteiger partial charge in [0.25, 0.3) is 0 Å². The first-order valence-corrected chi connectivity index (χ1v) is 4.74. The minimum absolute atomic E-state index is 0.204. The van der Waals surface area contributed by atoms with Crippen molar-refractivity contribution < 1.29 is 12.8 Å². The van der Waals surface area contributed by atoms with Gasteiger partial charge in [-0.2, -0.15) is 13.1 Å². The highest BCUT2D eigenvalue weighted by molar-refractivity contribution is 7.88. The van der Waals surface area contributed by atoms with Crippen LogP contribution in [0.2, 0.25) is 0 Å². The summed E-state index contributed by atoms with van der Waals surface area (Å²) >= 11 is 0. The van der Waals surface area contributed by atoms with Crippen LogP contribution in [0.1, 0.15) is 5.76 Å². The summed E-state index contributed by atoms with van der Waals surface area (Å²) in [6.07, 6.45) is 1.47. The van der Waals surface area contributed by atoms with E-state index in [0.29, 0.717) is 11.5 Å². The van der Waals surface area contributed by atoms with Gasteiger partial charge >= 0.3 is 10.2 Å². The van der Waals surface area contributed by atoms with Gasteiger partial charge in [-0.25, -0.2) is 0 Å². The van der Waals surface area contributed by atoms with E-state index in [-0.39, 0.29) is 6.54 Å². The molecule has 2 rings (SSSR count). The summed E-state index contributed by atoms with van der Waals surface area (Å²) in [7, 11) is -3.44. The maximum absolute atomic E-state index is 10.8. The second-order valence-electron chi connectivity index (χ2n) is 2.31. The van der Waals surface area contributed by atoms with Crippen LogP contribution in [0.3, 0.4) is 0 Å². The first-order chi connectivity index (χ1) is 5.67. The molecule has 1 aliphatic rings. The van der Waals surface area contributed by atoms with Gasteiger partial charge in [-0.15, -0.1) is 4.40 Å². The van der Waals surface area contributed by atoms with Crippen molar-refractivity contribution in [2.75, 3.05) is 6.54 Å². The van der Waals surface area contributed by atoms with Gasteiger partial charge in [0.05, 0.1) is 12.8 Å². The Morgan fingerprint density at radius 1 is 1.58 bits per heavy atom. The zero-order valence-electron chi connectivity index (χ0n) is 6.02. The largest absolute Gasteiger partial charge is 0.463 e. The van der Waals surface area contributed by atoms with Gasteiger partial charge in [-0.1, -0.05) is 0 Å². The lowest BCUT2D eigenvalue weighted by molar-refractivity contribution is 0.557. The van der Waals surface area contributed by atoms with Crippen LogP contribution in [0.25, 0.3) is 0 Å². The fraction of sp³-hybridized carbons (Fsp3) is 0.167. The third kappa shape index (κ3) is 1.26. The lowest BCUT2D eigenvalue weighted by Crippen LogP contribution is -2.18. The maximum Gasteiger partial charge on any atom is 0.320 e. The molecule has 0 unspecified atom stereocenters. The number of rotatable bonds is 1. The summed E-state index contributed by atoms with van der Waals surface area (Å²) in [6, 6.07) is 3.35. The third-order valence-corrected chi connectivity index (χ3v) is 2.43. The number of hydrogen-bond donors (Lipinski definition) is 1. The molecule has 2 heterocycles. The van der Waals surface area contributed by atoms with Crippen LogP contribution in [0.15, 0.2) is 27.2 Å². The van der Waals surface area contributed by atoms with Gasteiger partial charge in [-0.05, 0) is 12.1 Å². The van der Waals surface area contributed by atoms with E-state index in [4.69, 9.17) is 4.42 Å². The zero-order valence-corrected chi connectivity index (χ0v) is 6.84. The van der Waals surface area contributed by atoms with Gasteiger partial charge in [0.1, 0.15) is 11.5 Å². The van der Waals surface area contributed by atoms with E-state index in [1.807, 2.05) is 0 Å². The molecule has 0 aromatic carbocycles. The number of hydrogen-bond acceptors (Lipinski definition) is 3. The first kappa shape index (κ1) is 7.51. The Morgan fingerprint density at radius 2 is 2.42 bits per heavy atom. The average molecular weight is 186 g/mol. The van der Waals surface area contributed by atoms with Crippen LogP contribution in [0.5, 0.6) is 0 Å². The normalized spacial score (nSPS) is 20.8. The van der Waals surface area contributed by atoms with Gasteiger partial charge in [0.15, 0.2) is 0 Å². The molecule has 1 aromatic heterocycles. The smallest absolute Gasteiger partial charge is 0.320 e. The van der Waals surface area contributed by atoms with Gasteiger partial charge < -0.3 is 4.42 Å². The number of nitrogens with zero attached hydrogens (tertiary/aromatic N) is 1. The second-order valence-corrected chi connectivity index (χ2v) is 3.73. The maximum atomic E-state index is 10.8. The molecule has 0 aliphatic carbocycles. The molecule has 5 nitrogen and oxygen atoms in total. The van der Waals surface area contributed by atoms with Crippen molar-refractivity contribution in [3.63, 3.8) is 0 Å². The molecule has 1 aromatic rings. The molecule has 0 amide bonds. The highest BCUT2D eigenvalue weighted by Crippen LogP contribution is 2.08. The van der Waals surface area contributed by atoms with E-state index in [2.05, 4.69) is 9.12 Å². The molecule has 0 atom stereocenters. The molecule has 12 heavy (non-hydrogen) atoms. The lowest BCUT2D eigenvalue weighted by Gasteiger charge is -1.88. The molecule has 64 valence electrons. The molecule has 0 radical (unpaired) electrons. The van der Waals surface area contributed by atoms with Crippen LogP contribution < -0.4 is 4.72 Å². The van der Waals surface area contributed by atoms with Crippen molar-refractivity contribution in [2.45, 2.75) is 0 Å². The van der Waals surface area contributed by atoms with E-state index < -0.39 is 10.2 Å². The van der Waals surface area contributed by atoms with E-state index in [9.17, 15) is 8.42 Å². The molecular weight excluding hydrogens is 180 g/mol. The minimum atomic E-state index is -3.44. The van der Waals surface area contributed by atoms with Gasteiger partial charge in [0.2, 0.25) is 0 Å². The summed E-state index contributed by atoms with van der Waals surface area (Å²) in [5.41, 5.74) is 0.417. The summed E-state index contributed by atoms with van der Waals surface area (Å²) in [5.74, 6) is 0.489. The van der Waals surface area contributed by atoms with Gasteiger partial charge in [-0.3, -0.25) is 0 Å². The Hall–Kier alpha value is -1.14. The molecular formula is C6H6N2O3S. The molecule has 1 N–H and O–H groups in total. The molecule has 6 heteroatoms. The topological polar surface area (TPSA) is 71.7 Å². The predicted octanol–water partition coefficient (Wildman–Crippen LogP) is -0.0833.